The Morgan fingerprint density at radius 3 is 2.17 bits per heavy atom. The highest BCUT2D eigenvalue weighted by Gasteiger charge is 2.14. The molecular formula is C21H30N2O. The lowest BCUT2D eigenvalue weighted by Gasteiger charge is -2.28. The summed E-state index contributed by atoms with van der Waals surface area (Å²) in [5.41, 5.74) is 2.47. The van der Waals surface area contributed by atoms with Crippen molar-refractivity contribution < 1.29 is 4.74 Å². The highest BCUT2D eigenvalue weighted by atomic mass is 16.5. The minimum atomic E-state index is 0.554. The molecule has 0 spiro atoms. The average Bonchev–Trinajstić information content (AvgIpc) is 2.58. The molecule has 3 nitrogen and oxygen atoms in total. The van der Waals surface area contributed by atoms with Crippen LogP contribution in [-0.2, 0) is 13.2 Å². The van der Waals surface area contributed by atoms with Crippen LogP contribution in [0.2, 0.25) is 0 Å². The van der Waals surface area contributed by atoms with Crippen LogP contribution >= 0.6 is 0 Å². The molecule has 2 aromatic rings. The number of benzene rings is 2. The third-order valence-corrected chi connectivity index (χ3v) is 4.29. The van der Waals surface area contributed by atoms with Crippen LogP contribution in [0.4, 0.5) is 0 Å². The first-order chi connectivity index (χ1) is 11.6. The molecule has 0 aliphatic rings. The van der Waals surface area contributed by atoms with Crippen LogP contribution in [0.1, 0.15) is 25.0 Å². The third kappa shape index (κ3) is 5.99. The molecule has 130 valence electrons. The number of nitrogens with one attached hydrogen (secondary N) is 1. The molecule has 2 aromatic carbocycles. The van der Waals surface area contributed by atoms with Crippen molar-refractivity contribution in [2.45, 2.75) is 33.0 Å². The Labute approximate surface area is 146 Å². The Bertz CT molecular complexity index is 571. The summed E-state index contributed by atoms with van der Waals surface area (Å²) in [5, 5.41) is 3.56. The summed E-state index contributed by atoms with van der Waals surface area (Å²) in [7, 11) is 4.29. The molecule has 0 heterocycles. The normalized spacial score (nSPS) is 12.6. The first-order valence-electron chi connectivity index (χ1n) is 8.69. The van der Waals surface area contributed by atoms with Gasteiger partial charge in [-0.3, -0.25) is 0 Å². The van der Waals surface area contributed by atoms with E-state index in [1.807, 2.05) is 30.3 Å². The van der Waals surface area contributed by atoms with Gasteiger partial charge in [-0.2, -0.15) is 0 Å². The van der Waals surface area contributed by atoms with Gasteiger partial charge >= 0.3 is 0 Å². The van der Waals surface area contributed by atoms with Gasteiger partial charge in [0, 0.05) is 19.1 Å². The van der Waals surface area contributed by atoms with Crippen molar-refractivity contribution in [3.05, 3.63) is 65.7 Å². The second-order valence-electron chi connectivity index (χ2n) is 6.82. The largest absolute Gasteiger partial charge is 0.489 e. The van der Waals surface area contributed by atoms with Crippen molar-refractivity contribution in [2.24, 2.45) is 5.92 Å². The van der Waals surface area contributed by atoms with E-state index in [2.05, 4.69) is 62.4 Å². The quantitative estimate of drug-likeness (QED) is 0.755. The summed E-state index contributed by atoms with van der Waals surface area (Å²) in [4.78, 5) is 2.29. The molecule has 24 heavy (non-hydrogen) atoms. The van der Waals surface area contributed by atoms with Crippen LogP contribution < -0.4 is 10.1 Å². The van der Waals surface area contributed by atoms with E-state index >= 15 is 0 Å². The minimum absolute atomic E-state index is 0.554. The molecular weight excluding hydrogens is 296 g/mol. The van der Waals surface area contributed by atoms with Crippen molar-refractivity contribution in [1.29, 1.82) is 0 Å². The smallest absolute Gasteiger partial charge is 0.119 e. The molecule has 0 saturated carbocycles. The first-order valence-corrected chi connectivity index (χ1v) is 8.69. The van der Waals surface area contributed by atoms with Crippen LogP contribution in [-0.4, -0.2) is 31.6 Å². The monoisotopic (exact) mass is 326 g/mol. The topological polar surface area (TPSA) is 24.5 Å². The van der Waals surface area contributed by atoms with Crippen molar-refractivity contribution in [3.63, 3.8) is 0 Å². The van der Waals surface area contributed by atoms with E-state index in [0.29, 0.717) is 18.6 Å². The highest BCUT2D eigenvalue weighted by Crippen LogP contribution is 2.14. The maximum Gasteiger partial charge on any atom is 0.119 e. The minimum Gasteiger partial charge on any atom is -0.489 e. The van der Waals surface area contributed by atoms with Gasteiger partial charge in [-0.05, 0) is 43.3 Å². The molecule has 0 aliphatic carbocycles. The fourth-order valence-corrected chi connectivity index (χ4v) is 2.82. The summed E-state index contributed by atoms with van der Waals surface area (Å²) in [6.07, 6.45) is 0. The van der Waals surface area contributed by atoms with Crippen molar-refractivity contribution in [3.8, 4) is 5.75 Å². The first kappa shape index (κ1) is 18.5. The van der Waals surface area contributed by atoms with Crippen LogP contribution in [0.15, 0.2) is 54.6 Å². The SMILES string of the molecule is CC(C)C(CNCc1ccc(OCc2ccccc2)cc1)N(C)C. The number of nitrogens with zero attached hydrogens (tertiary/aromatic N) is 1. The lowest BCUT2D eigenvalue weighted by atomic mass is 10.0. The Morgan fingerprint density at radius 1 is 0.917 bits per heavy atom. The van der Waals surface area contributed by atoms with Gasteiger partial charge in [0.05, 0.1) is 0 Å². The molecule has 0 aliphatic heterocycles. The van der Waals surface area contributed by atoms with Crippen LogP contribution in [0.5, 0.6) is 5.75 Å². The summed E-state index contributed by atoms with van der Waals surface area (Å²) in [6, 6.07) is 19.2. The molecule has 0 aromatic heterocycles. The Kier molecular flexibility index (Phi) is 7.29. The van der Waals surface area contributed by atoms with E-state index in [4.69, 9.17) is 4.74 Å². The number of hydrogen-bond donors (Lipinski definition) is 1. The molecule has 2 rings (SSSR count). The molecule has 0 fully saturated rings. The second kappa shape index (κ2) is 9.45. The Balaban J connectivity index is 1.77. The lowest BCUT2D eigenvalue weighted by molar-refractivity contribution is 0.224. The van der Waals surface area contributed by atoms with Crippen molar-refractivity contribution in [1.82, 2.24) is 10.2 Å². The van der Waals surface area contributed by atoms with Gasteiger partial charge < -0.3 is 15.0 Å². The van der Waals surface area contributed by atoms with E-state index in [1.165, 1.54) is 11.1 Å². The van der Waals surface area contributed by atoms with E-state index in [-0.39, 0.29) is 0 Å². The van der Waals surface area contributed by atoms with E-state index in [1.54, 1.807) is 0 Å². The summed E-state index contributed by atoms with van der Waals surface area (Å²) >= 11 is 0. The fraction of sp³-hybridized carbons (Fsp3) is 0.429. The molecule has 1 atom stereocenters. The fourth-order valence-electron chi connectivity index (χ4n) is 2.82. The zero-order chi connectivity index (χ0) is 17.4. The predicted molar refractivity (Wildman–Crippen MR) is 101 cm³/mol. The molecule has 1 N–H and O–H groups in total. The van der Waals surface area contributed by atoms with Gasteiger partial charge in [-0.25, -0.2) is 0 Å². The van der Waals surface area contributed by atoms with Gasteiger partial charge in [0.2, 0.25) is 0 Å². The highest BCUT2D eigenvalue weighted by molar-refractivity contribution is 5.27. The van der Waals surface area contributed by atoms with Crippen LogP contribution in [0.3, 0.4) is 0 Å². The van der Waals surface area contributed by atoms with Crippen LogP contribution in [0, 0.1) is 5.92 Å². The summed E-state index contributed by atoms with van der Waals surface area (Å²) < 4.78 is 5.83. The Morgan fingerprint density at radius 2 is 1.58 bits per heavy atom. The van der Waals surface area contributed by atoms with Gasteiger partial charge in [-0.1, -0.05) is 56.3 Å². The third-order valence-electron chi connectivity index (χ3n) is 4.29. The van der Waals surface area contributed by atoms with Crippen molar-refractivity contribution in [2.75, 3.05) is 20.6 Å². The molecule has 3 heteroatoms. The van der Waals surface area contributed by atoms with Crippen LogP contribution in [0.25, 0.3) is 0 Å². The number of likely N-dealkylation sites (N-methyl/N-ethyl adjacent to an activating group) is 1. The molecule has 1 unspecified atom stereocenters. The lowest BCUT2D eigenvalue weighted by Crippen LogP contribution is -2.41. The van der Waals surface area contributed by atoms with Gasteiger partial charge in [0.1, 0.15) is 12.4 Å². The Hall–Kier alpha value is -1.84. The summed E-state index contributed by atoms with van der Waals surface area (Å²) in [5.74, 6) is 1.55. The zero-order valence-corrected chi connectivity index (χ0v) is 15.3. The molecule has 0 radical (unpaired) electrons. The maximum absolute atomic E-state index is 5.83. The number of rotatable bonds is 9. The van der Waals surface area contributed by atoms with E-state index in [9.17, 15) is 0 Å². The number of hydrogen-bond acceptors (Lipinski definition) is 3. The second-order valence-corrected chi connectivity index (χ2v) is 6.82. The zero-order valence-electron chi connectivity index (χ0n) is 15.3. The van der Waals surface area contributed by atoms with Gasteiger partial charge in [0.25, 0.3) is 0 Å². The molecule has 0 bridgehead atoms. The van der Waals surface area contributed by atoms with Gasteiger partial charge in [-0.15, -0.1) is 0 Å². The number of ether oxygens (including phenoxy) is 1. The summed E-state index contributed by atoms with van der Waals surface area (Å²) in [6.45, 7) is 7.03. The maximum atomic E-state index is 5.83. The van der Waals surface area contributed by atoms with Gasteiger partial charge in [0.15, 0.2) is 0 Å². The van der Waals surface area contributed by atoms with E-state index < -0.39 is 0 Å². The standard InChI is InChI=1S/C21H30N2O/c1-17(2)21(23(3)4)15-22-14-18-10-12-20(13-11-18)24-16-19-8-6-5-7-9-19/h5-13,17,21-22H,14-16H2,1-4H3. The molecule has 0 amide bonds. The van der Waals surface area contributed by atoms with E-state index in [0.717, 1.165) is 18.8 Å². The molecule has 0 saturated heterocycles. The predicted octanol–water partition coefficient (Wildman–Crippen LogP) is 3.94. The average molecular weight is 326 g/mol. The van der Waals surface area contributed by atoms with Crippen molar-refractivity contribution >= 4 is 0 Å².